The molecule has 3 aliphatic carbocycles. The largest absolute Gasteiger partial charge is 0.290 e. The van der Waals surface area contributed by atoms with E-state index >= 15 is 0 Å². The maximum Gasteiger partial charge on any atom is 0.194 e. The zero-order valence-corrected chi connectivity index (χ0v) is 18.9. The highest BCUT2D eigenvalue weighted by Crippen LogP contribution is 2.35. The van der Waals surface area contributed by atoms with Crippen molar-refractivity contribution in [3.63, 3.8) is 0 Å². The van der Waals surface area contributed by atoms with Crippen LogP contribution in [0, 0.1) is 10.8 Å². The highest BCUT2D eigenvalue weighted by atomic mass is 16.2. The van der Waals surface area contributed by atoms with Gasteiger partial charge in [-0.3, -0.25) is 28.8 Å². The second kappa shape index (κ2) is 7.55. The Morgan fingerprint density at radius 2 is 0.781 bits per heavy atom. The summed E-state index contributed by atoms with van der Waals surface area (Å²) in [6.07, 6.45) is 6.43. The van der Waals surface area contributed by atoms with E-state index < -0.39 is 45.5 Å². The third kappa shape index (κ3) is 4.13. The maximum absolute atomic E-state index is 13.2. The maximum atomic E-state index is 13.2. The fourth-order valence-electron chi connectivity index (χ4n) is 3.72. The van der Waals surface area contributed by atoms with Gasteiger partial charge in [-0.1, -0.05) is 41.5 Å². The molecule has 0 bridgehead atoms. The molecule has 164 valence electrons. The molecule has 0 fully saturated rings. The molecule has 0 aromatic carbocycles. The van der Waals surface area contributed by atoms with E-state index in [0.29, 0.717) is 11.1 Å². The van der Waals surface area contributed by atoms with E-state index in [-0.39, 0.29) is 22.3 Å². The summed E-state index contributed by atoms with van der Waals surface area (Å²) in [7, 11) is 0. The predicted molar refractivity (Wildman–Crippen MR) is 117 cm³/mol. The van der Waals surface area contributed by atoms with Crippen LogP contribution in [0.25, 0.3) is 0 Å². The van der Waals surface area contributed by atoms with Crippen molar-refractivity contribution in [2.45, 2.75) is 41.5 Å². The van der Waals surface area contributed by atoms with Gasteiger partial charge >= 0.3 is 0 Å². The molecule has 0 spiro atoms. The van der Waals surface area contributed by atoms with Crippen LogP contribution in [0.4, 0.5) is 0 Å². The van der Waals surface area contributed by atoms with Gasteiger partial charge in [0.05, 0.1) is 0 Å². The van der Waals surface area contributed by atoms with Gasteiger partial charge in [-0.15, -0.1) is 0 Å². The molecule has 0 aromatic heterocycles. The second-order valence-corrected chi connectivity index (χ2v) is 10.0. The number of carbonyl (C=O) groups is 6. The summed E-state index contributed by atoms with van der Waals surface area (Å²) in [6, 6.07) is 0. The number of hydrogen-bond donors (Lipinski definition) is 0. The van der Waals surface area contributed by atoms with Crippen LogP contribution in [-0.4, -0.2) is 34.7 Å². The van der Waals surface area contributed by atoms with Gasteiger partial charge in [-0.25, -0.2) is 0 Å². The Bertz CT molecular complexity index is 1120. The Kier molecular flexibility index (Phi) is 5.46. The van der Waals surface area contributed by atoms with E-state index in [9.17, 15) is 28.8 Å². The molecular weight excluding hydrogens is 408 g/mol. The minimum atomic E-state index is -0.760. The quantitative estimate of drug-likeness (QED) is 0.622. The van der Waals surface area contributed by atoms with Gasteiger partial charge in [0.15, 0.2) is 34.7 Å². The molecule has 6 nitrogen and oxygen atoms in total. The molecule has 0 amide bonds. The number of ketones is 6. The summed E-state index contributed by atoms with van der Waals surface area (Å²) in [5, 5.41) is 0. The van der Waals surface area contributed by atoms with Crippen molar-refractivity contribution in [3.8, 4) is 0 Å². The van der Waals surface area contributed by atoms with Gasteiger partial charge in [0.25, 0.3) is 0 Å². The van der Waals surface area contributed by atoms with Crippen molar-refractivity contribution < 1.29 is 28.8 Å². The summed E-state index contributed by atoms with van der Waals surface area (Å²) < 4.78 is 0. The molecule has 0 radical (unpaired) electrons. The van der Waals surface area contributed by atoms with Gasteiger partial charge in [0.1, 0.15) is 0 Å². The van der Waals surface area contributed by atoms with Gasteiger partial charge < -0.3 is 0 Å². The van der Waals surface area contributed by atoms with Gasteiger partial charge in [-0.2, -0.15) is 0 Å². The fourth-order valence-corrected chi connectivity index (χ4v) is 3.72. The van der Waals surface area contributed by atoms with Crippen molar-refractivity contribution in [1.29, 1.82) is 0 Å². The molecule has 0 N–H and O–H groups in total. The van der Waals surface area contributed by atoms with Gasteiger partial charge in [0.2, 0.25) is 0 Å². The summed E-state index contributed by atoms with van der Waals surface area (Å²) in [5.41, 5.74) is -1.47. The van der Waals surface area contributed by atoms with Gasteiger partial charge in [0, 0.05) is 33.4 Å². The van der Waals surface area contributed by atoms with E-state index in [1.807, 2.05) is 0 Å². The number of allylic oxidation sites excluding steroid dienone is 12. The highest BCUT2D eigenvalue weighted by molar-refractivity contribution is 6.36. The number of hydrogen-bond acceptors (Lipinski definition) is 6. The topological polar surface area (TPSA) is 102 Å². The van der Waals surface area contributed by atoms with E-state index in [1.54, 1.807) is 41.5 Å². The third-order valence-corrected chi connectivity index (χ3v) is 5.42. The lowest BCUT2D eigenvalue weighted by Gasteiger charge is -2.26. The molecule has 32 heavy (non-hydrogen) atoms. The van der Waals surface area contributed by atoms with Crippen LogP contribution in [0.3, 0.4) is 0 Å². The summed E-state index contributed by atoms with van der Waals surface area (Å²) in [5.74, 6) is -3.37. The zero-order chi connectivity index (χ0) is 24.2. The van der Waals surface area contributed by atoms with Crippen molar-refractivity contribution in [2.24, 2.45) is 10.8 Å². The summed E-state index contributed by atoms with van der Waals surface area (Å²) >= 11 is 0. The van der Waals surface area contributed by atoms with Crippen LogP contribution in [0.15, 0.2) is 69.9 Å². The number of Topliss-reactive ketones (excluding diaryl/α,β-unsaturated/α-hetero) is 1. The molecule has 6 heteroatoms. The lowest BCUT2D eigenvalue weighted by molar-refractivity contribution is -0.117. The first-order chi connectivity index (χ1) is 14.6. The van der Waals surface area contributed by atoms with E-state index in [4.69, 9.17) is 0 Å². The number of carbonyl (C=O) groups excluding carboxylic acids is 6. The van der Waals surface area contributed by atoms with Crippen LogP contribution in [-0.2, 0) is 28.8 Å². The minimum absolute atomic E-state index is 0.201. The molecule has 0 aliphatic heterocycles. The average Bonchev–Trinajstić information content (AvgIpc) is 2.65. The summed E-state index contributed by atoms with van der Waals surface area (Å²) in [4.78, 5) is 76.2. The third-order valence-electron chi connectivity index (χ3n) is 5.42. The lowest BCUT2D eigenvalue weighted by Crippen LogP contribution is -2.28. The molecular formula is C26H24O6. The van der Waals surface area contributed by atoms with Crippen LogP contribution in [0.2, 0.25) is 0 Å². The molecule has 0 aromatic rings. The van der Waals surface area contributed by atoms with Crippen LogP contribution >= 0.6 is 0 Å². The number of rotatable bonds is 2. The Hall–Kier alpha value is -3.54. The normalized spacial score (nSPS) is 20.4. The first kappa shape index (κ1) is 23.1. The zero-order valence-electron chi connectivity index (χ0n) is 18.9. The van der Waals surface area contributed by atoms with Crippen molar-refractivity contribution in [1.82, 2.24) is 0 Å². The second-order valence-electron chi connectivity index (χ2n) is 10.0. The van der Waals surface area contributed by atoms with Crippen LogP contribution in [0.5, 0.6) is 0 Å². The van der Waals surface area contributed by atoms with E-state index in [1.165, 1.54) is 12.2 Å². The predicted octanol–water partition coefficient (Wildman–Crippen LogP) is 3.09. The Balaban J connectivity index is 1.99. The van der Waals surface area contributed by atoms with Crippen molar-refractivity contribution >= 4 is 34.7 Å². The van der Waals surface area contributed by atoms with Gasteiger partial charge in [-0.05, 0) is 47.3 Å². The highest BCUT2D eigenvalue weighted by Gasteiger charge is 2.37. The van der Waals surface area contributed by atoms with Crippen molar-refractivity contribution in [2.75, 3.05) is 0 Å². The molecule has 0 saturated carbocycles. The average molecular weight is 432 g/mol. The SMILES string of the molecule is CC(C)(C)C1=CC(=O)C(C2=CC(=O)C=C(C3=CC(=O)C(C(C)(C)C)=CC3=O)C2=O)=CC1=O. The first-order valence-corrected chi connectivity index (χ1v) is 10.2. The Morgan fingerprint density at radius 1 is 0.438 bits per heavy atom. The fraction of sp³-hybridized carbons (Fsp3) is 0.308. The van der Waals surface area contributed by atoms with E-state index in [2.05, 4.69) is 0 Å². The molecule has 0 atom stereocenters. The molecule has 0 heterocycles. The van der Waals surface area contributed by atoms with Crippen LogP contribution in [0.1, 0.15) is 41.5 Å². The van der Waals surface area contributed by atoms with Crippen molar-refractivity contribution in [3.05, 3.63) is 69.9 Å². The molecule has 3 aliphatic rings. The van der Waals surface area contributed by atoms with E-state index in [0.717, 1.165) is 24.3 Å². The smallest absolute Gasteiger partial charge is 0.194 e. The summed E-state index contributed by atoms with van der Waals surface area (Å²) in [6.45, 7) is 10.7. The molecule has 3 rings (SSSR count). The first-order valence-electron chi connectivity index (χ1n) is 10.2. The Labute approximate surface area is 186 Å². The molecule has 0 unspecified atom stereocenters. The van der Waals surface area contributed by atoms with Crippen LogP contribution < -0.4 is 0 Å². The standard InChI is InChI=1S/C26H24O6/c1-25(2,3)18-11-20(28)14(9-22(18)30)16-7-13(27)8-17(24(16)32)15-10-23(31)19(12-21(15)29)26(4,5)6/h7-12H,1-6H3. The monoisotopic (exact) mass is 432 g/mol. The Morgan fingerprint density at radius 3 is 1.09 bits per heavy atom. The molecule has 0 saturated heterocycles. The minimum Gasteiger partial charge on any atom is -0.290 e. The lowest BCUT2D eigenvalue weighted by atomic mass is 9.75.